The first-order valence-corrected chi connectivity index (χ1v) is 5.26. The molecule has 0 spiro atoms. The van der Waals surface area contributed by atoms with Crippen LogP contribution in [-0.4, -0.2) is 21.0 Å². The number of hydrogen-bond acceptors (Lipinski definition) is 3. The van der Waals surface area contributed by atoms with E-state index < -0.39 is 0 Å². The number of aryl methyl sites for hydroxylation is 1. The molecule has 1 heterocycles. The first-order chi connectivity index (χ1) is 6.65. The molecule has 2 N–H and O–H groups in total. The zero-order chi connectivity index (χ0) is 10.6. The second kappa shape index (κ2) is 5.13. The van der Waals surface area contributed by atoms with Crippen molar-refractivity contribution in [3.8, 4) is 11.8 Å². The summed E-state index contributed by atoms with van der Waals surface area (Å²) in [6, 6.07) is -0.0678. The summed E-state index contributed by atoms with van der Waals surface area (Å²) in [6.45, 7) is 2.09. The Bertz CT molecular complexity index is 341. The summed E-state index contributed by atoms with van der Waals surface area (Å²) in [7, 11) is 1.80. The molecule has 0 radical (unpaired) electrons. The van der Waals surface area contributed by atoms with Crippen LogP contribution >= 0.6 is 15.9 Å². The highest BCUT2D eigenvalue weighted by Crippen LogP contribution is 2.09. The van der Waals surface area contributed by atoms with Gasteiger partial charge >= 0.3 is 0 Å². The summed E-state index contributed by atoms with van der Waals surface area (Å²) in [5, 5.41) is 7.64. The van der Waals surface area contributed by atoms with Gasteiger partial charge < -0.3 is 5.73 Å². The van der Waals surface area contributed by atoms with Gasteiger partial charge in [-0.05, 0) is 28.3 Å². The molecule has 0 aliphatic heterocycles. The Kier molecular flexibility index (Phi) is 4.11. The summed E-state index contributed by atoms with van der Waals surface area (Å²) < 4.78 is 2.28. The summed E-state index contributed by atoms with van der Waals surface area (Å²) >= 11 is 3.27. The monoisotopic (exact) mass is 256 g/mol. The van der Waals surface area contributed by atoms with Crippen LogP contribution in [0.15, 0.2) is 4.60 Å². The lowest BCUT2D eigenvalue weighted by molar-refractivity contribution is 0.705. The highest BCUT2D eigenvalue weighted by molar-refractivity contribution is 9.10. The molecule has 1 aromatic rings. The third-order valence-corrected chi connectivity index (χ3v) is 2.30. The van der Waals surface area contributed by atoms with E-state index in [2.05, 4.69) is 45.0 Å². The Hall–Kier alpha value is -0.860. The van der Waals surface area contributed by atoms with Gasteiger partial charge in [-0.3, -0.25) is 0 Å². The van der Waals surface area contributed by atoms with E-state index in [1.54, 1.807) is 11.7 Å². The lowest BCUT2D eigenvalue weighted by atomic mass is 10.2. The molecular weight excluding hydrogens is 244 g/mol. The van der Waals surface area contributed by atoms with E-state index in [4.69, 9.17) is 5.73 Å². The molecule has 1 aromatic heterocycles. The molecule has 4 nitrogen and oxygen atoms in total. The number of aromatic nitrogens is 3. The number of nitrogens with two attached hydrogens (primary N) is 1. The van der Waals surface area contributed by atoms with Crippen molar-refractivity contribution in [1.82, 2.24) is 15.0 Å². The molecule has 5 heteroatoms. The molecule has 1 rings (SSSR count). The quantitative estimate of drug-likeness (QED) is 0.806. The third-order valence-electron chi connectivity index (χ3n) is 1.76. The predicted octanol–water partition coefficient (Wildman–Crippen LogP) is 1.06. The predicted molar refractivity (Wildman–Crippen MR) is 58.5 cm³/mol. The van der Waals surface area contributed by atoms with Crippen molar-refractivity contribution in [3.05, 3.63) is 10.3 Å². The summed E-state index contributed by atoms with van der Waals surface area (Å²) in [5.74, 6) is 5.93. The van der Waals surface area contributed by atoms with Gasteiger partial charge in [0, 0.05) is 7.05 Å². The second-order valence-electron chi connectivity index (χ2n) is 3.02. The maximum Gasteiger partial charge on any atom is 0.164 e. The fourth-order valence-corrected chi connectivity index (χ4v) is 1.44. The smallest absolute Gasteiger partial charge is 0.164 e. The van der Waals surface area contributed by atoms with E-state index in [1.165, 1.54) is 0 Å². The molecule has 0 aliphatic rings. The lowest BCUT2D eigenvalue weighted by Crippen LogP contribution is -2.16. The maximum absolute atomic E-state index is 5.76. The number of nitrogens with zero attached hydrogens (tertiary/aromatic N) is 3. The molecule has 0 aliphatic carbocycles. The minimum Gasteiger partial charge on any atom is -0.318 e. The fraction of sp³-hybridized carbons (Fsp3) is 0.556. The Morgan fingerprint density at radius 2 is 2.36 bits per heavy atom. The Morgan fingerprint density at radius 3 is 2.86 bits per heavy atom. The highest BCUT2D eigenvalue weighted by atomic mass is 79.9. The minimum absolute atomic E-state index is 0.0678. The second-order valence-corrected chi connectivity index (χ2v) is 3.77. The Morgan fingerprint density at radius 1 is 1.64 bits per heavy atom. The normalized spacial score (nSPS) is 12.0. The first kappa shape index (κ1) is 11.2. The average Bonchev–Trinajstić information content (AvgIpc) is 2.44. The van der Waals surface area contributed by atoms with Crippen LogP contribution in [-0.2, 0) is 7.05 Å². The Labute approximate surface area is 92.0 Å². The number of halogens is 1. The van der Waals surface area contributed by atoms with E-state index in [-0.39, 0.29) is 6.04 Å². The van der Waals surface area contributed by atoms with E-state index in [1.807, 2.05) is 0 Å². The summed E-state index contributed by atoms with van der Waals surface area (Å²) in [4.78, 5) is 0. The molecular formula is C9H13BrN4. The first-order valence-electron chi connectivity index (χ1n) is 4.47. The van der Waals surface area contributed by atoms with Gasteiger partial charge in [0.05, 0.1) is 6.04 Å². The van der Waals surface area contributed by atoms with E-state index in [0.717, 1.165) is 18.5 Å². The van der Waals surface area contributed by atoms with Crippen molar-refractivity contribution in [3.63, 3.8) is 0 Å². The van der Waals surface area contributed by atoms with Gasteiger partial charge in [0.2, 0.25) is 0 Å². The highest BCUT2D eigenvalue weighted by Gasteiger charge is 2.03. The number of rotatable bonds is 2. The van der Waals surface area contributed by atoms with Crippen LogP contribution in [0.3, 0.4) is 0 Å². The zero-order valence-electron chi connectivity index (χ0n) is 8.29. The van der Waals surface area contributed by atoms with E-state index in [0.29, 0.717) is 4.60 Å². The zero-order valence-corrected chi connectivity index (χ0v) is 9.87. The van der Waals surface area contributed by atoms with Crippen molar-refractivity contribution in [2.75, 3.05) is 0 Å². The van der Waals surface area contributed by atoms with Crippen LogP contribution in [0.5, 0.6) is 0 Å². The molecule has 0 aromatic carbocycles. The molecule has 76 valence electrons. The van der Waals surface area contributed by atoms with Gasteiger partial charge in [-0.2, -0.15) is 0 Å². The molecule has 0 amide bonds. The minimum atomic E-state index is -0.0678. The van der Waals surface area contributed by atoms with Crippen LogP contribution in [0.1, 0.15) is 25.5 Å². The van der Waals surface area contributed by atoms with Crippen molar-refractivity contribution >= 4 is 15.9 Å². The maximum atomic E-state index is 5.76. The molecule has 0 bridgehead atoms. The molecule has 1 atom stereocenters. The molecule has 0 saturated carbocycles. The number of hydrogen-bond donors (Lipinski definition) is 1. The molecule has 14 heavy (non-hydrogen) atoms. The van der Waals surface area contributed by atoms with Crippen LogP contribution < -0.4 is 5.73 Å². The molecule has 0 fully saturated rings. The van der Waals surface area contributed by atoms with Crippen LogP contribution in [0, 0.1) is 11.8 Å². The average molecular weight is 257 g/mol. The van der Waals surface area contributed by atoms with Crippen molar-refractivity contribution in [2.45, 2.75) is 25.8 Å². The van der Waals surface area contributed by atoms with Gasteiger partial charge in [0.25, 0.3) is 0 Å². The summed E-state index contributed by atoms with van der Waals surface area (Å²) in [6.07, 6.45) is 1.95. The molecule has 0 saturated heterocycles. The van der Waals surface area contributed by atoms with Gasteiger partial charge in [-0.1, -0.05) is 24.5 Å². The van der Waals surface area contributed by atoms with E-state index >= 15 is 0 Å². The van der Waals surface area contributed by atoms with Crippen molar-refractivity contribution < 1.29 is 0 Å². The lowest BCUT2D eigenvalue weighted by Gasteiger charge is -1.98. The SMILES string of the molecule is CCCC(N)C#Cc1c(Br)nnn1C. The van der Waals surface area contributed by atoms with Crippen LogP contribution in [0.2, 0.25) is 0 Å². The van der Waals surface area contributed by atoms with Crippen LogP contribution in [0.25, 0.3) is 0 Å². The van der Waals surface area contributed by atoms with Crippen molar-refractivity contribution in [1.29, 1.82) is 0 Å². The van der Waals surface area contributed by atoms with Gasteiger partial charge in [-0.15, -0.1) is 5.10 Å². The fourth-order valence-electron chi connectivity index (χ4n) is 1.01. The topological polar surface area (TPSA) is 56.7 Å². The summed E-state index contributed by atoms with van der Waals surface area (Å²) in [5.41, 5.74) is 6.52. The van der Waals surface area contributed by atoms with Gasteiger partial charge in [0.1, 0.15) is 5.69 Å². The largest absolute Gasteiger partial charge is 0.318 e. The Balaban J connectivity index is 2.76. The van der Waals surface area contributed by atoms with Crippen LogP contribution in [0.4, 0.5) is 0 Å². The van der Waals surface area contributed by atoms with Crippen molar-refractivity contribution in [2.24, 2.45) is 12.8 Å². The standard InChI is InChI=1S/C9H13BrN4/c1-3-4-7(11)5-6-8-9(10)12-13-14(8)2/h7H,3-4,11H2,1-2H3. The third kappa shape index (κ3) is 2.82. The molecule has 1 unspecified atom stereocenters. The van der Waals surface area contributed by atoms with Gasteiger partial charge in [-0.25, -0.2) is 4.68 Å². The van der Waals surface area contributed by atoms with Gasteiger partial charge in [0.15, 0.2) is 4.60 Å². The van der Waals surface area contributed by atoms with E-state index in [9.17, 15) is 0 Å².